The predicted molar refractivity (Wildman–Crippen MR) is 58.7 cm³/mol. The molecule has 0 spiro atoms. The number of benzene rings is 1. The van der Waals surface area contributed by atoms with Crippen molar-refractivity contribution in [3.63, 3.8) is 0 Å². The Morgan fingerprint density at radius 2 is 2.14 bits per heavy atom. The largest absolute Gasteiger partial charge is 0.497 e. The van der Waals surface area contributed by atoms with Gasteiger partial charge in [0.2, 0.25) is 0 Å². The molecule has 1 fully saturated rings. The summed E-state index contributed by atoms with van der Waals surface area (Å²) in [6, 6.07) is 8.38. The zero-order chi connectivity index (χ0) is 10.1. The summed E-state index contributed by atoms with van der Waals surface area (Å²) in [6.45, 7) is 4.38. The van der Waals surface area contributed by atoms with Gasteiger partial charge in [0.15, 0.2) is 0 Å². The second-order valence-electron chi connectivity index (χ2n) is 4.06. The number of allylic oxidation sites excluding steroid dienone is 2. The average Bonchev–Trinajstić information content (AvgIpc) is 2.97. The second-order valence-corrected chi connectivity index (χ2v) is 4.06. The molecular formula is C13H16O. The minimum absolute atomic E-state index is 0.662. The molecule has 0 aliphatic heterocycles. The van der Waals surface area contributed by atoms with Gasteiger partial charge in [-0.1, -0.05) is 23.3 Å². The van der Waals surface area contributed by atoms with E-state index in [0.29, 0.717) is 5.92 Å². The van der Waals surface area contributed by atoms with Gasteiger partial charge in [0.1, 0.15) is 5.75 Å². The van der Waals surface area contributed by atoms with Crippen molar-refractivity contribution in [2.75, 3.05) is 7.11 Å². The summed E-state index contributed by atoms with van der Waals surface area (Å²) in [5.74, 6) is 1.62. The first-order chi connectivity index (χ1) is 6.72. The second kappa shape index (κ2) is 3.49. The maximum atomic E-state index is 5.21. The van der Waals surface area contributed by atoms with Crippen molar-refractivity contribution in [1.29, 1.82) is 0 Å². The lowest BCUT2D eigenvalue weighted by molar-refractivity contribution is 0.414. The highest BCUT2D eigenvalue weighted by molar-refractivity contribution is 5.45. The normalized spacial score (nSPS) is 19.4. The summed E-state index contributed by atoms with van der Waals surface area (Å²) < 4.78 is 5.21. The number of hydrogen-bond donors (Lipinski definition) is 0. The summed E-state index contributed by atoms with van der Waals surface area (Å²) in [5, 5.41) is 0. The lowest BCUT2D eigenvalue weighted by Gasteiger charge is -2.02. The Bertz CT molecular complexity index is 373. The van der Waals surface area contributed by atoms with Crippen molar-refractivity contribution >= 4 is 0 Å². The van der Waals surface area contributed by atoms with Crippen molar-refractivity contribution in [1.82, 2.24) is 0 Å². The third-order valence-corrected chi connectivity index (χ3v) is 2.82. The van der Waals surface area contributed by atoms with Crippen molar-refractivity contribution in [3.8, 4) is 5.75 Å². The van der Waals surface area contributed by atoms with Gasteiger partial charge in [-0.15, -0.1) is 0 Å². The Morgan fingerprint density at radius 1 is 1.36 bits per heavy atom. The van der Waals surface area contributed by atoms with E-state index in [9.17, 15) is 0 Å². The molecule has 74 valence electrons. The number of rotatable bonds is 2. The predicted octanol–water partition coefficient (Wildman–Crippen LogP) is 3.52. The third kappa shape index (κ3) is 1.67. The maximum Gasteiger partial charge on any atom is 0.119 e. The Balaban J connectivity index is 2.23. The molecule has 0 saturated heterocycles. The summed E-state index contributed by atoms with van der Waals surface area (Å²) >= 11 is 0. The highest BCUT2D eigenvalue weighted by Crippen LogP contribution is 2.49. The molecule has 1 aromatic carbocycles. The maximum absolute atomic E-state index is 5.21. The van der Waals surface area contributed by atoms with Crippen LogP contribution in [-0.2, 0) is 0 Å². The van der Waals surface area contributed by atoms with Gasteiger partial charge in [0.25, 0.3) is 0 Å². The molecular weight excluding hydrogens is 172 g/mol. The van der Waals surface area contributed by atoms with Crippen molar-refractivity contribution < 1.29 is 4.74 Å². The van der Waals surface area contributed by atoms with E-state index < -0.39 is 0 Å². The molecule has 0 aromatic heterocycles. The van der Waals surface area contributed by atoms with Crippen LogP contribution in [0.3, 0.4) is 0 Å². The summed E-state index contributed by atoms with van der Waals surface area (Å²) in [5.41, 5.74) is 4.46. The Hall–Kier alpha value is -1.24. The minimum atomic E-state index is 0.662. The van der Waals surface area contributed by atoms with E-state index in [4.69, 9.17) is 4.74 Å². The van der Waals surface area contributed by atoms with E-state index in [1.54, 1.807) is 12.7 Å². The first kappa shape index (κ1) is 9.32. The molecule has 0 bridgehead atoms. The number of hydrogen-bond acceptors (Lipinski definition) is 1. The molecule has 1 saturated carbocycles. The van der Waals surface area contributed by atoms with Crippen LogP contribution in [0.1, 0.15) is 31.7 Å². The van der Waals surface area contributed by atoms with Crippen LogP contribution >= 0.6 is 0 Å². The van der Waals surface area contributed by atoms with Gasteiger partial charge in [-0.05, 0) is 38.0 Å². The van der Waals surface area contributed by atoms with E-state index in [-0.39, 0.29) is 0 Å². The topological polar surface area (TPSA) is 9.23 Å². The van der Waals surface area contributed by atoms with Gasteiger partial charge in [0, 0.05) is 5.92 Å². The molecule has 14 heavy (non-hydrogen) atoms. The Morgan fingerprint density at radius 3 is 2.71 bits per heavy atom. The fourth-order valence-electron chi connectivity index (χ4n) is 1.89. The van der Waals surface area contributed by atoms with E-state index >= 15 is 0 Å². The highest BCUT2D eigenvalue weighted by atomic mass is 16.5. The molecule has 1 unspecified atom stereocenters. The van der Waals surface area contributed by atoms with Gasteiger partial charge < -0.3 is 4.74 Å². The minimum Gasteiger partial charge on any atom is -0.497 e. The molecule has 1 heteroatoms. The van der Waals surface area contributed by atoms with Crippen LogP contribution < -0.4 is 4.74 Å². The fraction of sp³-hybridized carbons (Fsp3) is 0.385. The molecule has 2 rings (SSSR count). The van der Waals surface area contributed by atoms with Crippen molar-refractivity contribution in [2.45, 2.75) is 26.2 Å². The molecule has 0 heterocycles. The molecule has 1 nitrogen and oxygen atoms in total. The van der Waals surface area contributed by atoms with E-state index in [2.05, 4.69) is 32.0 Å². The molecule has 1 aromatic rings. The third-order valence-electron chi connectivity index (χ3n) is 2.82. The van der Waals surface area contributed by atoms with Gasteiger partial charge in [-0.25, -0.2) is 0 Å². The van der Waals surface area contributed by atoms with Gasteiger partial charge >= 0.3 is 0 Å². The first-order valence-electron chi connectivity index (χ1n) is 5.02. The van der Waals surface area contributed by atoms with Crippen LogP contribution in [0.15, 0.2) is 35.4 Å². The number of ether oxygens (including phenoxy) is 1. The zero-order valence-electron chi connectivity index (χ0n) is 9.00. The molecule has 1 aliphatic carbocycles. The zero-order valence-corrected chi connectivity index (χ0v) is 9.00. The van der Waals surface area contributed by atoms with Crippen LogP contribution in [0.4, 0.5) is 0 Å². The van der Waals surface area contributed by atoms with Crippen molar-refractivity contribution in [2.24, 2.45) is 0 Å². The first-order valence-corrected chi connectivity index (χ1v) is 5.02. The smallest absolute Gasteiger partial charge is 0.119 e. The summed E-state index contributed by atoms with van der Waals surface area (Å²) in [6.07, 6.45) is 1.23. The lowest BCUT2D eigenvalue weighted by atomic mass is 10.1. The molecule has 0 amide bonds. The van der Waals surface area contributed by atoms with Crippen LogP contribution in [0.2, 0.25) is 0 Å². The summed E-state index contributed by atoms with van der Waals surface area (Å²) in [7, 11) is 1.72. The number of methoxy groups -OCH3 is 1. The van der Waals surface area contributed by atoms with E-state index in [0.717, 1.165) is 5.75 Å². The molecule has 0 N–H and O–H groups in total. The monoisotopic (exact) mass is 188 g/mol. The Labute approximate surface area is 85.4 Å². The quantitative estimate of drug-likeness (QED) is 0.645. The molecule has 1 atom stereocenters. The highest BCUT2D eigenvalue weighted by Gasteiger charge is 2.31. The van der Waals surface area contributed by atoms with Crippen molar-refractivity contribution in [3.05, 3.63) is 41.0 Å². The van der Waals surface area contributed by atoms with Crippen LogP contribution in [0.5, 0.6) is 5.75 Å². The standard InChI is InChI=1S/C13H16O/c1-9(2)12-8-13(12)10-5-4-6-11(7-10)14-3/h4-7,13H,8H2,1-3H3. The Kier molecular flexibility index (Phi) is 2.32. The van der Waals surface area contributed by atoms with Gasteiger partial charge in [-0.3, -0.25) is 0 Å². The van der Waals surface area contributed by atoms with Gasteiger partial charge in [-0.2, -0.15) is 0 Å². The van der Waals surface area contributed by atoms with Gasteiger partial charge in [0.05, 0.1) is 7.11 Å². The van der Waals surface area contributed by atoms with Crippen LogP contribution in [0, 0.1) is 0 Å². The van der Waals surface area contributed by atoms with E-state index in [1.165, 1.54) is 17.6 Å². The molecule has 0 radical (unpaired) electrons. The van der Waals surface area contributed by atoms with Crippen LogP contribution in [0.25, 0.3) is 0 Å². The lowest BCUT2D eigenvalue weighted by Crippen LogP contribution is -1.85. The molecule has 1 aliphatic rings. The van der Waals surface area contributed by atoms with E-state index in [1.807, 2.05) is 6.07 Å². The SMILES string of the molecule is COc1cccc(C2CC2=C(C)C)c1. The summed E-state index contributed by atoms with van der Waals surface area (Å²) in [4.78, 5) is 0. The fourth-order valence-corrected chi connectivity index (χ4v) is 1.89. The van der Waals surface area contributed by atoms with Crippen LogP contribution in [-0.4, -0.2) is 7.11 Å². The average molecular weight is 188 g/mol.